The Labute approximate surface area is 545 Å². The second-order valence-electron chi connectivity index (χ2n) is 25.6. The van der Waals surface area contributed by atoms with E-state index in [2.05, 4.69) is 42.4 Å². The van der Waals surface area contributed by atoms with Crippen molar-refractivity contribution in [3.8, 4) is 17.2 Å². The Morgan fingerprint density at radius 2 is 1.52 bits per heavy atom. The number of amides is 3. The van der Waals surface area contributed by atoms with Gasteiger partial charge < -0.3 is 50.0 Å². The number of rotatable bonds is 24. The molecule has 6 aromatic rings. The molecule has 3 aliphatic heterocycles. The van der Waals surface area contributed by atoms with Crippen LogP contribution in [0.4, 0.5) is 27.9 Å². The fourth-order valence-corrected chi connectivity index (χ4v) is 13.8. The summed E-state index contributed by atoms with van der Waals surface area (Å²) in [6.07, 6.45) is 11.6. The fraction of sp³-hybridized carbons (Fsp3) is 0.406. The molecule has 4 heterocycles. The Bertz CT molecular complexity index is 4080. The molecule has 1 fully saturated rings. The van der Waals surface area contributed by atoms with Crippen LogP contribution in [0.25, 0.3) is 10.9 Å². The van der Waals surface area contributed by atoms with Crippen LogP contribution in [-0.2, 0) is 45.4 Å². The van der Waals surface area contributed by atoms with Gasteiger partial charge in [0.1, 0.15) is 35.5 Å². The zero-order chi connectivity index (χ0) is 67.2. The fourth-order valence-electron chi connectivity index (χ4n) is 12.8. The number of benzene rings is 5. The summed E-state index contributed by atoms with van der Waals surface area (Å²) in [5, 5.41) is 6.49. The number of alkyl carbamates (subject to hydrolysis) is 1. The van der Waals surface area contributed by atoms with Gasteiger partial charge in [-0.1, -0.05) is 81.0 Å². The molecule has 93 heavy (non-hydrogen) atoms. The van der Waals surface area contributed by atoms with Gasteiger partial charge >= 0.3 is 6.09 Å². The van der Waals surface area contributed by atoms with Gasteiger partial charge in [-0.05, 0) is 132 Å². The van der Waals surface area contributed by atoms with Gasteiger partial charge in [-0.25, -0.2) is 9.78 Å². The first-order valence-electron chi connectivity index (χ1n) is 31.2. The number of aromatic nitrogens is 2. The number of nitrogens with two attached hydrogens (primary N) is 1. The first kappa shape index (κ1) is 68.8. The number of carbonyl (C=O) groups is 3. The lowest BCUT2D eigenvalue weighted by molar-refractivity contribution is -0.848. The zero-order valence-corrected chi connectivity index (χ0v) is 56.1. The number of quaternary nitrogens is 1. The van der Waals surface area contributed by atoms with E-state index in [1.807, 2.05) is 97.6 Å². The number of nitrogens with one attached hydrogen (secondary N) is 3. The summed E-state index contributed by atoms with van der Waals surface area (Å²) in [5.41, 5.74) is 11.2. The third kappa shape index (κ3) is 15.9. The molecule has 0 saturated carbocycles. The Morgan fingerprint density at radius 1 is 0.817 bits per heavy atom. The SMILES string of the molecule is CC[NH+]1c2ccc(S(=O)(=O)O)cc2C(C)(C)C1/C=C/C=C/C=C1/N(CCCCCC(=O)NCCOc2cccc(C3CN(C(=O)C[C@@H](NC(=O)OC(C)(C)C)c4ccccc4)CCN3c3nc(N)c4cc(OC)c(OC)cc4n3)c2)c2ccc(S(=O)(=O)O)cc2C1(C)C. The molecule has 0 spiro atoms. The van der Waals surface area contributed by atoms with Crippen LogP contribution in [0.1, 0.15) is 122 Å². The number of likely N-dealkylation sites (N-methyl/N-ethyl adjacent to an activating group) is 1. The maximum Gasteiger partial charge on any atom is 0.408 e. The van der Waals surface area contributed by atoms with Crippen LogP contribution in [0.2, 0.25) is 0 Å². The van der Waals surface area contributed by atoms with Crippen molar-refractivity contribution < 1.29 is 64.2 Å². The van der Waals surface area contributed by atoms with Gasteiger partial charge in [-0.2, -0.15) is 21.8 Å². The number of nitrogens with zero attached hydrogens (tertiary/aromatic N) is 5. The van der Waals surface area contributed by atoms with Crippen molar-refractivity contribution in [1.82, 2.24) is 25.5 Å². The molecule has 9 rings (SSSR count). The van der Waals surface area contributed by atoms with E-state index in [4.69, 9.17) is 34.6 Å². The lowest BCUT2D eigenvalue weighted by atomic mass is 9.80. The van der Waals surface area contributed by atoms with Crippen molar-refractivity contribution in [3.63, 3.8) is 0 Å². The second-order valence-corrected chi connectivity index (χ2v) is 28.4. The van der Waals surface area contributed by atoms with Gasteiger partial charge in [-0.3, -0.25) is 23.6 Å². The minimum absolute atomic E-state index is 0.0348. The van der Waals surface area contributed by atoms with E-state index in [1.165, 1.54) is 30.2 Å². The summed E-state index contributed by atoms with van der Waals surface area (Å²) < 4.78 is 91.5. The second kappa shape index (κ2) is 28.4. The zero-order valence-electron chi connectivity index (χ0n) is 54.4. The molecule has 4 atom stereocenters. The Morgan fingerprint density at radius 3 is 2.20 bits per heavy atom. The molecule has 22 nitrogen and oxygen atoms in total. The molecular weight excluding hydrogens is 1230 g/mol. The molecule has 3 aliphatic rings. The lowest BCUT2D eigenvalue weighted by Gasteiger charge is -2.42. The standard InChI is InChI=1S/C69H85N9O13S2/c1-11-76-55-31-29-48(92(82,83)84)39-51(55)68(5,6)60(76)26-17-13-18-27-61-69(7,8)52-40-49(93(85,86)87)30-32-56(52)77(61)34-20-14-19-28-62(79)71-33-37-90-47-25-21-24-46(38-47)57-44-75(63(80)43-53(45-22-15-12-16-23-45)73-66(81)91-67(2,3)4)35-36-78(57)65-72-54-42-59(89-10)58(88-9)41-50(54)64(70)74-65/h12-13,15-18,21-27,29-32,38-42,53,57,60H,11,14,19-20,28,33-37,43-44H2,1-10H3,(H,71,79)(H,73,81)(H2,70,72,74)(H,82,83,84)(H,85,86,87)/p+1/b18-13+,26-17+,61-27+/t53-,57?,60?/m1/s1. The molecule has 1 aromatic heterocycles. The molecule has 1 saturated heterocycles. The van der Waals surface area contributed by atoms with Crippen molar-refractivity contribution in [3.05, 3.63) is 161 Å². The monoisotopic (exact) mass is 1310 g/mol. The average Bonchev–Trinajstić information content (AvgIpc) is 1.64. The van der Waals surface area contributed by atoms with Crippen LogP contribution >= 0.6 is 0 Å². The topological polar surface area (TPSA) is 287 Å². The van der Waals surface area contributed by atoms with E-state index in [0.717, 1.165) is 52.3 Å². The van der Waals surface area contributed by atoms with Gasteiger partial charge in [0.15, 0.2) is 11.5 Å². The highest BCUT2D eigenvalue weighted by atomic mass is 32.2. The maximum atomic E-state index is 14.5. The van der Waals surface area contributed by atoms with Gasteiger partial charge in [-0.15, -0.1) is 0 Å². The third-order valence-electron chi connectivity index (χ3n) is 17.5. The largest absolute Gasteiger partial charge is 0.493 e. The van der Waals surface area contributed by atoms with E-state index in [9.17, 15) is 40.3 Å². The Balaban J connectivity index is 0.832. The van der Waals surface area contributed by atoms with Crippen molar-refractivity contribution >= 4 is 72.2 Å². The van der Waals surface area contributed by atoms with E-state index >= 15 is 0 Å². The van der Waals surface area contributed by atoms with Crippen LogP contribution in [0.3, 0.4) is 0 Å². The predicted molar refractivity (Wildman–Crippen MR) is 358 cm³/mol. The molecule has 0 bridgehead atoms. The summed E-state index contributed by atoms with van der Waals surface area (Å²) >= 11 is 0. The highest BCUT2D eigenvalue weighted by Crippen LogP contribution is 2.49. The summed E-state index contributed by atoms with van der Waals surface area (Å²) in [6.45, 7) is 18.2. The van der Waals surface area contributed by atoms with Gasteiger partial charge in [0, 0.05) is 72.5 Å². The van der Waals surface area contributed by atoms with E-state index in [1.54, 1.807) is 63.1 Å². The highest BCUT2D eigenvalue weighted by Gasteiger charge is 2.48. The molecule has 5 aromatic carbocycles. The summed E-state index contributed by atoms with van der Waals surface area (Å²) in [5.74, 6) is 1.74. The van der Waals surface area contributed by atoms with E-state index < -0.39 is 54.8 Å². The third-order valence-corrected chi connectivity index (χ3v) is 19.2. The normalized spacial score (nSPS) is 18.6. The van der Waals surface area contributed by atoms with E-state index in [0.29, 0.717) is 66.6 Å². The number of hydrogen-bond acceptors (Lipinski definition) is 16. The predicted octanol–water partition coefficient (Wildman–Crippen LogP) is 9.51. The summed E-state index contributed by atoms with van der Waals surface area (Å²) in [6, 6.07) is 28.6. The number of anilines is 3. The minimum atomic E-state index is -4.48. The van der Waals surface area contributed by atoms with E-state index in [-0.39, 0.29) is 66.0 Å². The first-order valence-corrected chi connectivity index (χ1v) is 34.1. The average molecular weight is 1310 g/mol. The number of piperazine rings is 1. The molecule has 0 aliphatic carbocycles. The number of ether oxygens (including phenoxy) is 4. The van der Waals surface area contributed by atoms with Crippen LogP contribution in [-0.4, -0.2) is 130 Å². The Hall–Kier alpha value is -8.55. The van der Waals surface area contributed by atoms with Crippen molar-refractivity contribution in [2.45, 2.75) is 132 Å². The number of methoxy groups -OCH3 is 2. The molecule has 7 N–H and O–H groups in total. The quantitative estimate of drug-likeness (QED) is 0.0187. The smallest absolute Gasteiger partial charge is 0.408 e. The molecule has 496 valence electrons. The van der Waals surface area contributed by atoms with Crippen LogP contribution in [0, 0.1) is 0 Å². The van der Waals surface area contributed by atoms with Crippen LogP contribution in [0.5, 0.6) is 17.2 Å². The van der Waals surface area contributed by atoms with Gasteiger partial charge in [0.2, 0.25) is 17.8 Å². The summed E-state index contributed by atoms with van der Waals surface area (Å²) in [7, 11) is -5.77. The molecular formula is C69H86N9O13S2+. The maximum absolute atomic E-state index is 14.5. The number of allylic oxidation sites excluding steroid dienone is 5. The lowest BCUT2D eigenvalue weighted by Crippen LogP contribution is -3.10. The number of carbonyl (C=O) groups excluding carboxylic acids is 3. The van der Waals surface area contributed by atoms with Gasteiger partial charge in [0.25, 0.3) is 20.2 Å². The number of fused-ring (bicyclic) bond motifs is 3. The van der Waals surface area contributed by atoms with Crippen molar-refractivity contribution in [2.75, 3.05) is 75.6 Å². The van der Waals surface area contributed by atoms with Crippen LogP contribution in [0.15, 0.2) is 149 Å². The highest BCUT2D eigenvalue weighted by molar-refractivity contribution is 7.86. The molecule has 3 amide bonds. The molecule has 24 heteroatoms. The Kier molecular flexibility index (Phi) is 21.0. The van der Waals surface area contributed by atoms with Gasteiger partial charge in [0.05, 0.1) is 66.5 Å². The number of nitrogen functional groups attached to an aromatic ring is 1. The number of hydrogen-bond donors (Lipinski definition) is 6. The van der Waals surface area contributed by atoms with Crippen LogP contribution < -0.4 is 45.3 Å². The van der Waals surface area contributed by atoms with Crippen molar-refractivity contribution in [2.24, 2.45) is 0 Å². The van der Waals surface area contributed by atoms with Crippen molar-refractivity contribution in [1.29, 1.82) is 0 Å². The summed E-state index contributed by atoms with van der Waals surface area (Å²) in [4.78, 5) is 57.4. The molecule has 3 unspecified atom stereocenters. The first-order chi connectivity index (χ1) is 44.0. The minimum Gasteiger partial charge on any atom is -0.493 e. The molecule has 0 radical (unpaired) electrons. The number of unbranched alkanes of at least 4 members (excludes halogenated alkanes) is 2.